The molecule has 42 heavy (non-hydrogen) atoms. The molecule has 4 rings (SSSR count). The van der Waals surface area contributed by atoms with E-state index in [0.29, 0.717) is 29.6 Å². The number of alkyl halides is 5. The van der Waals surface area contributed by atoms with E-state index in [1.807, 2.05) is 0 Å². The lowest BCUT2D eigenvalue weighted by molar-refractivity contribution is -0.143. The molecule has 234 valence electrons. The van der Waals surface area contributed by atoms with Crippen molar-refractivity contribution in [3.8, 4) is 0 Å². The number of aromatic nitrogens is 4. The van der Waals surface area contributed by atoms with Gasteiger partial charge in [0.2, 0.25) is 6.43 Å². The number of anilines is 1. The molecule has 0 radical (unpaired) electrons. The van der Waals surface area contributed by atoms with Gasteiger partial charge in [-0.25, -0.2) is 19.3 Å². The molecular weight excluding hydrogens is 576 g/mol. The van der Waals surface area contributed by atoms with E-state index in [9.17, 15) is 35.9 Å². The number of allylic oxidation sites excluding steroid dienone is 1. The molecule has 0 spiro atoms. The highest BCUT2D eigenvalue weighted by Crippen LogP contribution is 2.50. The molecule has 2 aliphatic carbocycles. The fourth-order valence-corrected chi connectivity index (χ4v) is 4.72. The predicted molar refractivity (Wildman–Crippen MR) is 136 cm³/mol. The van der Waals surface area contributed by atoms with Crippen molar-refractivity contribution in [2.45, 2.75) is 63.7 Å². The van der Waals surface area contributed by atoms with Crippen molar-refractivity contribution >= 4 is 17.9 Å². The van der Waals surface area contributed by atoms with E-state index in [0.717, 1.165) is 17.2 Å². The standard InChI is InChI=1S/C13H17N3O3.C11H16F6N6/c1-7-12(16-19-15-7)13(18)14-10(6-17)11(8-2-3-8)9-4-5-9;1-20-6-4-23(21-10(6)14)7(2-9(12)13)8(3-18)22(19)5-11(15,16)17/h6,8-11H,2-5H2,1H3,(H,14,18);3-4,7,9,20H,2,5,18-19H2,1H3/b;8-3-. The number of carbonyl (C=O) groups excluding carboxylic acids is 2. The lowest BCUT2D eigenvalue weighted by atomic mass is 9.90. The highest BCUT2D eigenvalue weighted by molar-refractivity contribution is 5.94. The van der Waals surface area contributed by atoms with Crippen molar-refractivity contribution in [3.05, 3.63) is 35.4 Å². The third-order valence-corrected chi connectivity index (χ3v) is 6.93. The summed E-state index contributed by atoms with van der Waals surface area (Å²) in [5.74, 6) is 5.39. The van der Waals surface area contributed by atoms with Gasteiger partial charge in [-0.15, -0.1) is 5.10 Å². The van der Waals surface area contributed by atoms with Gasteiger partial charge in [-0.3, -0.25) is 9.48 Å². The van der Waals surface area contributed by atoms with Gasteiger partial charge in [-0.05, 0) is 55.5 Å². The van der Waals surface area contributed by atoms with Gasteiger partial charge < -0.3 is 26.2 Å². The zero-order valence-electron chi connectivity index (χ0n) is 22.8. The van der Waals surface area contributed by atoms with E-state index in [1.165, 1.54) is 32.7 Å². The van der Waals surface area contributed by atoms with Crippen molar-refractivity contribution in [2.24, 2.45) is 29.3 Å². The van der Waals surface area contributed by atoms with E-state index in [1.54, 1.807) is 6.92 Å². The maximum Gasteiger partial charge on any atom is 0.407 e. The van der Waals surface area contributed by atoms with Crippen LogP contribution in [0.25, 0.3) is 0 Å². The third-order valence-electron chi connectivity index (χ3n) is 6.93. The van der Waals surface area contributed by atoms with Crippen LogP contribution in [-0.2, 0) is 4.79 Å². The largest absolute Gasteiger partial charge is 0.407 e. The normalized spacial score (nSPS) is 17.0. The molecule has 2 atom stereocenters. The minimum absolute atomic E-state index is 0.111. The van der Waals surface area contributed by atoms with E-state index in [4.69, 9.17) is 11.6 Å². The predicted octanol–water partition coefficient (Wildman–Crippen LogP) is 2.91. The Morgan fingerprint density at radius 2 is 1.86 bits per heavy atom. The molecule has 0 aliphatic heterocycles. The second kappa shape index (κ2) is 13.9. The molecule has 2 aromatic heterocycles. The second-order valence-electron chi connectivity index (χ2n) is 10.1. The van der Waals surface area contributed by atoms with Crippen LogP contribution in [0, 0.1) is 30.6 Å². The van der Waals surface area contributed by atoms with Crippen LogP contribution in [0.4, 0.5) is 32.0 Å². The van der Waals surface area contributed by atoms with E-state index in [2.05, 4.69) is 30.7 Å². The molecule has 2 unspecified atom stereocenters. The van der Waals surface area contributed by atoms with E-state index < -0.39 is 49.3 Å². The van der Waals surface area contributed by atoms with Gasteiger partial charge in [0.25, 0.3) is 11.9 Å². The number of aryl methyl sites for hydroxylation is 1. The lowest BCUT2D eigenvalue weighted by Crippen LogP contribution is -2.43. The number of carbonyl (C=O) groups is 2. The summed E-state index contributed by atoms with van der Waals surface area (Å²) in [6.45, 7) is 0.0407. The van der Waals surface area contributed by atoms with Crippen LogP contribution in [0.1, 0.15) is 54.3 Å². The Morgan fingerprint density at radius 1 is 1.24 bits per heavy atom. The van der Waals surface area contributed by atoms with E-state index in [-0.39, 0.29) is 22.3 Å². The molecule has 0 bridgehead atoms. The fourth-order valence-electron chi connectivity index (χ4n) is 4.72. The first-order valence-corrected chi connectivity index (χ1v) is 13.1. The Morgan fingerprint density at radius 3 is 2.26 bits per heavy atom. The highest BCUT2D eigenvalue weighted by Gasteiger charge is 2.46. The summed E-state index contributed by atoms with van der Waals surface area (Å²) in [5, 5.41) is 15.9. The molecule has 0 saturated heterocycles. The number of hydrogen-bond donors (Lipinski definition) is 4. The molecule has 6 N–H and O–H groups in total. The highest BCUT2D eigenvalue weighted by atomic mass is 19.4. The molecule has 2 saturated carbocycles. The average Bonchev–Trinajstić information content (AvgIpc) is 3.84. The number of aldehydes is 1. The van der Waals surface area contributed by atoms with Crippen molar-refractivity contribution in [3.63, 3.8) is 0 Å². The maximum absolute atomic E-state index is 13.5. The van der Waals surface area contributed by atoms with Gasteiger partial charge in [-0.2, -0.15) is 17.6 Å². The van der Waals surface area contributed by atoms with Crippen molar-refractivity contribution in [1.82, 2.24) is 30.4 Å². The summed E-state index contributed by atoms with van der Waals surface area (Å²) in [5.41, 5.74) is 5.27. The van der Waals surface area contributed by atoms with Crippen LogP contribution in [0.5, 0.6) is 0 Å². The molecule has 2 heterocycles. The summed E-state index contributed by atoms with van der Waals surface area (Å²) in [4.78, 5) is 23.4. The maximum atomic E-state index is 13.5. The van der Waals surface area contributed by atoms with Gasteiger partial charge in [0.05, 0.1) is 17.9 Å². The monoisotopic (exact) mass is 609 g/mol. The summed E-state index contributed by atoms with van der Waals surface area (Å²) >= 11 is 0. The molecule has 2 fully saturated rings. The summed E-state index contributed by atoms with van der Waals surface area (Å²) < 4.78 is 81.5. The van der Waals surface area contributed by atoms with Gasteiger partial charge >= 0.3 is 6.18 Å². The number of hydrogen-bond acceptors (Lipinski definition) is 10. The summed E-state index contributed by atoms with van der Waals surface area (Å²) in [7, 11) is 1.37. The van der Waals surface area contributed by atoms with Crippen LogP contribution in [0.2, 0.25) is 0 Å². The second-order valence-corrected chi connectivity index (χ2v) is 10.1. The Kier molecular flexibility index (Phi) is 10.8. The Hall–Kier alpha value is -3.83. The zero-order valence-corrected chi connectivity index (χ0v) is 22.8. The summed E-state index contributed by atoms with van der Waals surface area (Å²) in [6.07, 6.45) is -1.27. The number of nitrogens with one attached hydrogen (secondary N) is 2. The Bertz CT molecular complexity index is 1210. The van der Waals surface area contributed by atoms with Crippen LogP contribution < -0.4 is 22.2 Å². The van der Waals surface area contributed by atoms with Crippen LogP contribution in [0.15, 0.2) is 22.7 Å². The smallest absolute Gasteiger partial charge is 0.403 e. The number of hydrazine groups is 1. The molecular formula is C24H33F6N9O3. The number of rotatable bonds is 13. The minimum atomic E-state index is -4.68. The summed E-state index contributed by atoms with van der Waals surface area (Å²) in [6, 6.07) is -1.88. The van der Waals surface area contributed by atoms with Crippen molar-refractivity contribution < 1.29 is 40.6 Å². The molecule has 2 aliphatic rings. The van der Waals surface area contributed by atoms with Crippen molar-refractivity contribution in [2.75, 3.05) is 18.9 Å². The van der Waals surface area contributed by atoms with Crippen LogP contribution in [-0.4, -0.2) is 69.5 Å². The molecule has 0 aromatic carbocycles. The first kappa shape index (κ1) is 32.7. The molecule has 12 nitrogen and oxygen atoms in total. The first-order valence-electron chi connectivity index (χ1n) is 13.1. The van der Waals surface area contributed by atoms with Gasteiger partial charge in [0.1, 0.15) is 30.3 Å². The molecule has 2 aromatic rings. The van der Waals surface area contributed by atoms with Gasteiger partial charge in [0, 0.05) is 19.7 Å². The fraction of sp³-hybridized carbons (Fsp3) is 0.625. The number of nitrogens with two attached hydrogens (primary N) is 2. The Labute approximate surface area is 236 Å². The van der Waals surface area contributed by atoms with Gasteiger partial charge in [0.15, 0.2) is 5.69 Å². The third kappa shape index (κ3) is 8.83. The average molecular weight is 610 g/mol. The number of nitrogens with zero attached hydrogens (tertiary/aromatic N) is 5. The number of amides is 1. The zero-order chi connectivity index (χ0) is 31.2. The number of halogens is 6. The van der Waals surface area contributed by atoms with E-state index >= 15 is 0 Å². The van der Waals surface area contributed by atoms with Crippen molar-refractivity contribution in [1.29, 1.82) is 0 Å². The topological polar surface area (TPSA) is 170 Å². The first-order chi connectivity index (χ1) is 19.8. The van der Waals surface area contributed by atoms with Crippen LogP contribution in [0.3, 0.4) is 0 Å². The minimum Gasteiger partial charge on any atom is -0.403 e. The molecule has 1 amide bonds. The Balaban J connectivity index is 0.000000234. The lowest BCUT2D eigenvalue weighted by Gasteiger charge is -2.29. The molecule has 18 heteroatoms. The quantitative estimate of drug-likeness (QED) is 0.115. The van der Waals surface area contributed by atoms with Crippen LogP contribution >= 0.6 is 0 Å². The SMILES string of the molecule is CNc1cn(C(CC(F)F)/C(=C/N)N(N)CC(F)(F)F)nc1F.Cc1nonc1C(=O)NC(C=O)C(C1CC1)C1CC1. The van der Waals surface area contributed by atoms with Gasteiger partial charge in [-0.1, -0.05) is 5.16 Å².